The molecule has 47 valence electrons. The summed E-state index contributed by atoms with van der Waals surface area (Å²) >= 11 is 5.89. The van der Waals surface area contributed by atoms with Crippen molar-refractivity contribution >= 4 is 11.6 Å². The zero-order valence-electron chi connectivity index (χ0n) is 5.23. The maximum Gasteiger partial charge on any atom is 0.0338 e. The second-order valence-electron chi connectivity index (χ2n) is 2.62. The van der Waals surface area contributed by atoms with Gasteiger partial charge in [-0.25, -0.2) is 0 Å². The zero-order valence-corrected chi connectivity index (χ0v) is 5.99. The Morgan fingerprint density at radius 3 is 2.75 bits per heavy atom. The third-order valence-corrected chi connectivity index (χ3v) is 2.07. The minimum Gasteiger partial charge on any atom is -0.123 e. The molecule has 0 aromatic rings. The molecule has 1 aliphatic carbocycles. The van der Waals surface area contributed by atoms with Crippen LogP contribution in [0.4, 0.5) is 0 Å². The Balaban J connectivity index is 2.23. The van der Waals surface area contributed by atoms with Crippen molar-refractivity contribution in [2.75, 3.05) is 0 Å². The van der Waals surface area contributed by atoms with Crippen LogP contribution >= 0.6 is 11.6 Å². The average Bonchev–Trinajstić information content (AvgIpc) is 1.64. The van der Waals surface area contributed by atoms with Crippen molar-refractivity contribution in [2.45, 2.75) is 31.6 Å². The molecule has 1 aliphatic rings. The highest BCUT2D eigenvalue weighted by Crippen LogP contribution is 2.25. The SMILES string of the molecule is CC1[CH]CCC(Cl)C1. The first-order valence-corrected chi connectivity index (χ1v) is 3.70. The summed E-state index contributed by atoms with van der Waals surface area (Å²) < 4.78 is 0. The standard InChI is InChI=1S/C7H12Cl/c1-6-3-2-4-7(8)5-6/h3,6-7H,2,4-5H2,1H3. The van der Waals surface area contributed by atoms with Crippen molar-refractivity contribution in [1.29, 1.82) is 0 Å². The van der Waals surface area contributed by atoms with Crippen LogP contribution < -0.4 is 0 Å². The summed E-state index contributed by atoms with van der Waals surface area (Å²) in [7, 11) is 0. The van der Waals surface area contributed by atoms with Gasteiger partial charge in [-0.15, -0.1) is 11.6 Å². The van der Waals surface area contributed by atoms with Crippen LogP contribution in [0.15, 0.2) is 0 Å². The lowest BCUT2D eigenvalue weighted by Crippen LogP contribution is -2.12. The van der Waals surface area contributed by atoms with Crippen molar-refractivity contribution in [3.8, 4) is 0 Å². The van der Waals surface area contributed by atoms with Gasteiger partial charge in [-0.2, -0.15) is 0 Å². The third kappa shape index (κ3) is 1.66. The van der Waals surface area contributed by atoms with Crippen LogP contribution in [-0.2, 0) is 0 Å². The Hall–Kier alpha value is 0.290. The van der Waals surface area contributed by atoms with E-state index in [2.05, 4.69) is 13.3 Å². The van der Waals surface area contributed by atoms with E-state index in [9.17, 15) is 0 Å². The fourth-order valence-corrected chi connectivity index (χ4v) is 1.59. The molecule has 1 rings (SSSR count). The summed E-state index contributed by atoms with van der Waals surface area (Å²) in [5.74, 6) is 0.756. The van der Waals surface area contributed by atoms with Gasteiger partial charge < -0.3 is 0 Å². The van der Waals surface area contributed by atoms with E-state index in [1.165, 1.54) is 19.3 Å². The quantitative estimate of drug-likeness (QED) is 0.444. The molecule has 1 radical (unpaired) electrons. The van der Waals surface area contributed by atoms with Crippen LogP contribution in [0.5, 0.6) is 0 Å². The fourth-order valence-electron chi connectivity index (χ4n) is 1.18. The van der Waals surface area contributed by atoms with E-state index in [4.69, 9.17) is 11.6 Å². The first-order chi connectivity index (χ1) is 3.79. The zero-order chi connectivity index (χ0) is 5.98. The van der Waals surface area contributed by atoms with Crippen molar-refractivity contribution in [3.63, 3.8) is 0 Å². The molecule has 0 amide bonds. The van der Waals surface area contributed by atoms with Gasteiger partial charge in [-0.05, 0) is 31.6 Å². The molecule has 0 aromatic heterocycles. The Kier molecular flexibility index (Phi) is 2.18. The van der Waals surface area contributed by atoms with Crippen molar-refractivity contribution < 1.29 is 0 Å². The molecular formula is C7H12Cl. The maximum absolute atomic E-state index is 5.89. The molecule has 0 bridgehead atoms. The molecule has 0 heterocycles. The summed E-state index contributed by atoms with van der Waals surface area (Å²) in [4.78, 5) is 0. The van der Waals surface area contributed by atoms with Gasteiger partial charge in [0.2, 0.25) is 0 Å². The van der Waals surface area contributed by atoms with Crippen molar-refractivity contribution in [2.24, 2.45) is 5.92 Å². The molecule has 0 aromatic carbocycles. The molecule has 1 fully saturated rings. The van der Waals surface area contributed by atoms with Crippen molar-refractivity contribution in [3.05, 3.63) is 6.42 Å². The van der Waals surface area contributed by atoms with E-state index in [1.807, 2.05) is 0 Å². The van der Waals surface area contributed by atoms with Gasteiger partial charge in [-0.3, -0.25) is 0 Å². The van der Waals surface area contributed by atoms with Gasteiger partial charge in [0, 0.05) is 5.38 Å². The molecule has 0 spiro atoms. The van der Waals surface area contributed by atoms with E-state index in [-0.39, 0.29) is 0 Å². The molecule has 0 nitrogen and oxygen atoms in total. The highest BCUT2D eigenvalue weighted by atomic mass is 35.5. The van der Waals surface area contributed by atoms with Crippen LogP contribution in [0.2, 0.25) is 0 Å². The van der Waals surface area contributed by atoms with Gasteiger partial charge in [0.25, 0.3) is 0 Å². The molecule has 1 heteroatoms. The largest absolute Gasteiger partial charge is 0.123 e. The molecule has 2 unspecified atom stereocenters. The number of hydrogen-bond donors (Lipinski definition) is 0. The topological polar surface area (TPSA) is 0 Å². The van der Waals surface area contributed by atoms with Gasteiger partial charge >= 0.3 is 0 Å². The molecular weight excluding hydrogens is 120 g/mol. The summed E-state index contributed by atoms with van der Waals surface area (Å²) in [5, 5.41) is 0.454. The molecule has 2 atom stereocenters. The first-order valence-electron chi connectivity index (χ1n) is 3.26. The number of alkyl halides is 1. The molecule has 0 N–H and O–H groups in total. The lowest BCUT2D eigenvalue weighted by molar-refractivity contribution is 0.483. The van der Waals surface area contributed by atoms with Gasteiger partial charge in [0.1, 0.15) is 0 Å². The second-order valence-corrected chi connectivity index (χ2v) is 3.24. The molecule has 8 heavy (non-hydrogen) atoms. The van der Waals surface area contributed by atoms with Crippen LogP contribution in [-0.4, -0.2) is 5.38 Å². The third-order valence-electron chi connectivity index (χ3n) is 1.68. The summed E-state index contributed by atoms with van der Waals surface area (Å²) in [6.45, 7) is 2.23. The Labute approximate surface area is 56.2 Å². The normalized spacial score (nSPS) is 39.8. The predicted octanol–water partition coefficient (Wildman–Crippen LogP) is 2.62. The van der Waals surface area contributed by atoms with E-state index in [0.29, 0.717) is 5.38 Å². The van der Waals surface area contributed by atoms with Gasteiger partial charge in [0.15, 0.2) is 0 Å². The smallest absolute Gasteiger partial charge is 0.0338 e. The average molecular weight is 132 g/mol. The van der Waals surface area contributed by atoms with E-state index in [0.717, 1.165) is 5.92 Å². The Morgan fingerprint density at radius 1 is 1.62 bits per heavy atom. The van der Waals surface area contributed by atoms with Crippen LogP contribution in [0.3, 0.4) is 0 Å². The van der Waals surface area contributed by atoms with Crippen LogP contribution in [0.1, 0.15) is 26.2 Å². The second kappa shape index (κ2) is 2.72. The molecule has 1 saturated carbocycles. The number of halogens is 1. The molecule has 0 aliphatic heterocycles. The van der Waals surface area contributed by atoms with E-state index < -0.39 is 0 Å². The van der Waals surface area contributed by atoms with Gasteiger partial charge in [-0.1, -0.05) is 6.92 Å². The lowest BCUT2D eigenvalue weighted by atomic mass is 9.91. The maximum atomic E-state index is 5.89. The minimum absolute atomic E-state index is 0.454. The van der Waals surface area contributed by atoms with Crippen LogP contribution in [0, 0.1) is 12.3 Å². The monoisotopic (exact) mass is 131 g/mol. The Bertz CT molecular complexity index is 62.8. The fraction of sp³-hybridized carbons (Fsp3) is 0.857. The highest BCUT2D eigenvalue weighted by Gasteiger charge is 2.15. The summed E-state index contributed by atoms with van der Waals surface area (Å²) in [5.41, 5.74) is 0. The highest BCUT2D eigenvalue weighted by molar-refractivity contribution is 6.20. The minimum atomic E-state index is 0.454. The number of hydrogen-bond acceptors (Lipinski definition) is 0. The number of rotatable bonds is 0. The summed E-state index contributed by atoms with van der Waals surface area (Å²) in [6.07, 6.45) is 5.95. The predicted molar refractivity (Wildman–Crippen MR) is 37.0 cm³/mol. The van der Waals surface area contributed by atoms with Crippen molar-refractivity contribution in [1.82, 2.24) is 0 Å². The Morgan fingerprint density at radius 2 is 2.38 bits per heavy atom. The van der Waals surface area contributed by atoms with E-state index in [1.54, 1.807) is 0 Å². The van der Waals surface area contributed by atoms with Crippen LogP contribution in [0.25, 0.3) is 0 Å². The summed E-state index contributed by atoms with van der Waals surface area (Å²) in [6, 6.07) is 0. The van der Waals surface area contributed by atoms with E-state index >= 15 is 0 Å². The lowest BCUT2D eigenvalue weighted by Gasteiger charge is -2.20. The first kappa shape index (κ1) is 6.41. The van der Waals surface area contributed by atoms with Gasteiger partial charge in [0.05, 0.1) is 0 Å². The molecule has 0 saturated heterocycles.